The molecule has 3 aromatic carbocycles. The molecular formula is C41H52N6O6S. The van der Waals surface area contributed by atoms with Crippen LogP contribution in [0.4, 0.5) is 4.79 Å². The highest BCUT2D eigenvalue weighted by atomic mass is 32.2. The Labute approximate surface area is 318 Å². The number of aliphatic hydroxyl groups is 1. The van der Waals surface area contributed by atoms with Gasteiger partial charge in [0.05, 0.1) is 28.8 Å². The van der Waals surface area contributed by atoms with E-state index in [9.17, 15) is 23.1 Å². The molecule has 3 atom stereocenters. The van der Waals surface area contributed by atoms with E-state index in [4.69, 9.17) is 5.21 Å². The zero-order valence-corrected chi connectivity index (χ0v) is 32.7. The van der Waals surface area contributed by atoms with Gasteiger partial charge in [-0.25, -0.2) is 13.2 Å². The van der Waals surface area contributed by atoms with E-state index in [2.05, 4.69) is 15.5 Å². The van der Waals surface area contributed by atoms with Crippen molar-refractivity contribution in [2.75, 3.05) is 26.2 Å². The van der Waals surface area contributed by atoms with Crippen molar-refractivity contribution in [1.29, 1.82) is 0 Å². The number of carbonyl (C=O) groups is 2. The van der Waals surface area contributed by atoms with E-state index in [1.165, 1.54) is 34.8 Å². The lowest BCUT2D eigenvalue weighted by molar-refractivity contribution is -0.130. The number of hydrogen-bond acceptors (Lipinski definition) is 8. The van der Waals surface area contributed by atoms with Crippen LogP contribution in [0.25, 0.3) is 10.9 Å². The fourth-order valence-electron chi connectivity index (χ4n) is 7.09. The number of benzene rings is 3. The third-order valence-corrected chi connectivity index (χ3v) is 11.4. The number of para-hydroxylation sites is 1. The number of hydrogen-bond donors (Lipinski definition) is 3. The van der Waals surface area contributed by atoms with Crippen LogP contribution < -0.4 is 5.32 Å². The van der Waals surface area contributed by atoms with Crippen LogP contribution in [0.2, 0.25) is 0 Å². The normalized spacial score (nSPS) is 15.8. The lowest BCUT2D eigenvalue weighted by atomic mass is 9.84. The maximum atomic E-state index is 14.5. The molecular weight excluding hydrogens is 705 g/mol. The number of aryl methyl sites for hydroxylation is 1. The minimum atomic E-state index is -4.07. The van der Waals surface area contributed by atoms with Crippen LogP contribution in [0.3, 0.4) is 0 Å². The molecule has 0 saturated carbocycles. The number of nitrogens with one attached hydrogen (secondary N) is 1. The van der Waals surface area contributed by atoms with E-state index in [1.807, 2.05) is 102 Å². The molecule has 0 aliphatic carbocycles. The first-order chi connectivity index (χ1) is 25.6. The Kier molecular flexibility index (Phi) is 12.8. The average Bonchev–Trinajstić information content (AvgIpc) is 3.45. The molecule has 3 amide bonds. The van der Waals surface area contributed by atoms with Gasteiger partial charge in [-0.1, -0.05) is 100 Å². The van der Waals surface area contributed by atoms with Crippen molar-refractivity contribution in [2.24, 2.45) is 16.5 Å². The molecule has 54 heavy (non-hydrogen) atoms. The largest absolute Gasteiger partial charge is 0.411 e. The minimum absolute atomic E-state index is 0.0221. The number of amides is 3. The predicted molar refractivity (Wildman–Crippen MR) is 210 cm³/mol. The summed E-state index contributed by atoms with van der Waals surface area (Å²) in [4.78, 5) is 36.6. The molecule has 4 aromatic rings. The van der Waals surface area contributed by atoms with Crippen molar-refractivity contribution in [2.45, 2.75) is 77.6 Å². The highest BCUT2D eigenvalue weighted by Crippen LogP contribution is 2.30. The number of carbonyl (C=O) groups excluding carboxylic acids is 2. The van der Waals surface area contributed by atoms with Gasteiger partial charge in [-0.05, 0) is 65.6 Å². The first-order valence-corrected chi connectivity index (χ1v) is 19.7. The van der Waals surface area contributed by atoms with Crippen LogP contribution in [-0.4, -0.2) is 100 Å². The number of aliphatic hydroxyl groups excluding tert-OH is 1. The zero-order valence-electron chi connectivity index (χ0n) is 31.9. The van der Waals surface area contributed by atoms with Crippen molar-refractivity contribution < 1.29 is 28.3 Å². The van der Waals surface area contributed by atoms with E-state index in [1.54, 1.807) is 9.80 Å². The molecule has 1 aromatic heterocycles. The van der Waals surface area contributed by atoms with Gasteiger partial charge in [-0.3, -0.25) is 9.78 Å². The molecule has 13 heteroatoms. The standard InChI is InChI=1S/C41H52N6O6S/c1-28(2)25-46(54(52,53)33-18-16-31(17-19-33)24-42-51)27-37(48)36(23-30-12-8-7-9-13-30)44-39(49)38(41(4,5)6)47-21-20-45(40(47)50)26-32-22-29(3)43-35-15-11-10-14-34(32)35/h7-19,22,24,28,36-38,48,51H,20-21,23,25-27H2,1-6H3,(H,44,49)/b42-24+/t36-,37+,38+/m0/s1. The molecule has 3 N–H and O–H groups in total. The van der Waals surface area contributed by atoms with E-state index >= 15 is 0 Å². The topological polar surface area (TPSA) is 156 Å². The third kappa shape index (κ3) is 9.62. The van der Waals surface area contributed by atoms with Gasteiger partial charge in [0.15, 0.2) is 0 Å². The maximum Gasteiger partial charge on any atom is 0.321 e. The number of aromatic nitrogens is 1. The van der Waals surface area contributed by atoms with Crippen molar-refractivity contribution in [3.8, 4) is 0 Å². The van der Waals surface area contributed by atoms with E-state index in [0.717, 1.165) is 27.7 Å². The Hall–Kier alpha value is -4.85. The zero-order chi connectivity index (χ0) is 39.2. The maximum absolute atomic E-state index is 14.5. The van der Waals surface area contributed by atoms with Crippen LogP contribution in [-0.2, 0) is 27.8 Å². The SMILES string of the molecule is Cc1cc(CN2CCN([C@H](C(=O)N[C@@H](Cc3ccccc3)[C@H](O)CN(CC(C)C)S(=O)(=O)c3ccc(/C=N/O)cc3)C(C)(C)C)C2=O)c2ccccc2n1. The Morgan fingerprint density at radius 3 is 2.31 bits per heavy atom. The summed E-state index contributed by atoms with van der Waals surface area (Å²) in [6.07, 6.45) is 0.118. The third-order valence-electron chi connectivity index (χ3n) is 9.57. The number of pyridine rings is 1. The average molecular weight is 757 g/mol. The molecule has 0 bridgehead atoms. The second-order valence-corrected chi connectivity index (χ2v) is 17.4. The quantitative estimate of drug-likeness (QED) is 0.0829. The van der Waals surface area contributed by atoms with Crippen LogP contribution in [0.1, 0.15) is 57.0 Å². The molecule has 12 nitrogen and oxygen atoms in total. The van der Waals surface area contributed by atoms with E-state index < -0.39 is 39.5 Å². The van der Waals surface area contributed by atoms with Gasteiger partial charge < -0.3 is 25.4 Å². The summed E-state index contributed by atoms with van der Waals surface area (Å²) in [6, 6.07) is 23.1. The molecule has 288 valence electrons. The molecule has 5 rings (SSSR count). The molecule has 1 aliphatic heterocycles. The highest BCUT2D eigenvalue weighted by molar-refractivity contribution is 7.89. The Bertz CT molecular complexity index is 2050. The minimum Gasteiger partial charge on any atom is -0.411 e. The highest BCUT2D eigenvalue weighted by Gasteiger charge is 2.44. The van der Waals surface area contributed by atoms with Crippen molar-refractivity contribution in [3.63, 3.8) is 0 Å². The van der Waals surface area contributed by atoms with Gasteiger partial charge in [0.25, 0.3) is 0 Å². The summed E-state index contributed by atoms with van der Waals surface area (Å²) in [5.74, 6) is -0.499. The van der Waals surface area contributed by atoms with Gasteiger partial charge in [0, 0.05) is 43.8 Å². The number of nitrogens with zero attached hydrogens (tertiary/aromatic N) is 5. The first-order valence-electron chi connectivity index (χ1n) is 18.3. The van der Waals surface area contributed by atoms with Crippen LogP contribution in [0, 0.1) is 18.3 Å². The van der Waals surface area contributed by atoms with Gasteiger partial charge in [0.1, 0.15) is 6.04 Å². The molecule has 2 heterocycles. The number of rotatable bonds is 15. The van der Waals surface area contributed by atoms with Crippen molar-refractivity contribution in [1.82, 2.24) is 24.4 Å². The summed E-state index contributed by atoms with van der Waals surface area (Å²) in [5.41, 5.74) is 3.37. The number of sulfonamides is 1. The lowest BCUT2D eigenvalue weighted by Crippen LogP contribution is -2.59. The second-order valence-electron chi connectivity index (χ2n) is 15.5. The van der Waals surface area contributed by atoms with Crippen molar-refractivity contribution >= 4 is 39.1 Å². The lowest BCUT2D eigenvalue weighted by Gasteiger charge is -2.38. The van der Waals surface area contributed by atoms with Crippen molar-refractivity contribution in [3.05, 3.63) is 107 Å². The summed E-state index contributed by atoms with van der Waals surface area (Å²) in [5, 5.41) is 27.8. The van der Waals surface area contributed by atoms with E-state index in [-0.39, 0.29) is 36.4 Å². The molecule has 0 spiro atoms. The van der Waals surface area contributed by atoms with Gasteiger partial charge in [-0.15, -0.1) is 0 Å². The van der Waals surface area contributed by atoms with E-state index in [0.29, 0.717) is 25.2 Å². The molecule has 1 fully saturated rings. The molecule has 0 unspecified atom stereocenters. The summed E-state index contributed by atoms with van der Waals surface area (Å²) >= 11 is 0. The van der Waals surface area contributed by atoms with Crippen LogP contribution in [0.15, 0.2) is 95.0 Å². The smallest absolute Gasteiger partial charge is 0.321 e. The van der Waals surface area contributed by atoms with Crippen LogP contribution in [0.5, 0.6) is 0 Å². The monoisotopic (exact) mass is 756 g/mol. The molecule has 1 aliphatic rings. The van der Waals surface area contributed by atoms with Gasteiger partial charge in [0.2, 0.25) is 15.9 Å². The fourth-order valence-corrected chi connectivity index (χ4v) is 8.71. The Morgan fingerprint density at radius 2 is 1.67 bits per heavy atom. The predicted octanol–water partition coefficient (Wildman–Crippen LogP) is 5.44. The number of oxime groups is 1. The van der Waals surface area contributed by atoms with Gasteiger partial charge >= 0.3 is 6.03 Å². The summed E-state index contributed by atoms with van der Waals surface area (Å²) < 4.78 is 29.2. The second kappa shape index (κ2) is 17.1. The number of urea groups is 1. The Morgan fingerprint density at radius 1 is 1.00 bits per heavy atom. The first kappa shape index (κ1) is 40.3. The fraction of sp³-hybridized carbons (Fsp3) is 0.415. The molecule has 0 radical (unpaired) electrons. The van der Waals surface area contributed by atoms with Crippen LogP contribution >= 0.6 is 0 Å². The summed E-state index contributed by atoms with van der Waals surface area (Å²) in [7, 11) is -4.07. The summed E-state index contributed by atoms with van der Waals surface area (Å²) in [6.45, 7) is 12.4. The number of fused-ring (bicyclic) bond motifs is 1. The molecule has 1 saturated heterocycles. The van der Waals surface area contributed by atoms with Gasteiger partial charge in [-0.2, -0.15) is 4.31 Å². The Balaban J connectivity index is 1.40.